The standard InChI is InChI=1S/C13H21N3OS.2ClH/c1-3-13-16-11(8-18-13)9(2)15-12(17)7-14-6-10-4-5-10;;/h8-10,14H,3-7H2,1-2H3,(H,15,17);2*1H. The molecule has 1 amide bonds. The van der Waals surface area contributed by atoms with Crippen molar-refractivity contribution in [2.24, 2.45) is 5.92 Å². The molecule has 0 aromatic carbocycles. The van der Waals surface area contributed by atoms with Crippen LogP contribution in [0.15, 0.2) is 5.38 Å². The molecule has 4 nitrogen and oxygen atoms in total. The summed E-state index contributed by atoms with van der Waals surface area (Å²) >= 11 is 1.66. The van der Waals surface area contributed by atoms with Gasteiger partial charge in [-0.05, 0) is 38.6 Å². The molecule has 1 fully saturated rings. The number of hydrogen-bond acceptors (Lipinski definition) is 4. The van der Waals surface area contributed by atoms with Crippen LogP contribution in [0.4, 0.5) is 0 Å². The van der Waals surface area contributed by atoms with Crippen molar-refractivity contribution in [1.29, 1.82) is 0 Å². The molecule has 0 spiro atoms. The Morgan fingerprint density at radius 1 is 1.50 bits per heavy atom. The van der Waals surface area contributed by atoms with E-state index in [4.69, 9.17) is 0 Å². The van der Waals surface area contributed by atoms with Crippen LogP contribution in [-0.2, 0) is 11.2 Å². The van der Waals surface area contributed by atoms with E-state index in [9.17, 15) is 4.79 Å². The second kappa shape index (κ2) is 9.55. The van der Waals surface area contributed by atoms with Crippen molar-refractivity contribution in [3.8, 4) is 0 Å². The first kappa shape index (κ1) is 19.6. The Morgan fingerprint density at radius 2 is 2.20 bits per heavy atom. The minimum absolute atomic E-state index is 0. The normalized spacial score (nSPS) is 14.9. The Balaban J connectivity index is 0.00000180. The predicted octanol–water partition coefficient (Wildman–Crippen LogP) is 2.73. The van der Waals surface area contributed by atoms with Gasteiger partial charge in [0.05, 0.1) is 23.3 Å². The maximum atomic E-state index is 11.7. The zero-order chi connectivity index (χ0) is 13.0. The summed E-state index contributed by atoms with van der Waals surface area (Å²) in [7, 11) is 0. The second-order valence-electron chi connectivity index (χ2n) is 4.88. The van der Waals surface area contributed by atoms with Crippen LogP contribution < -0.4 is 10.6 Å². The Kier molecular flexibility index (Phi) is 9.38. The number of rotatable bonds is 7. The van der Waals surface area contributed by atoms with Gasteiger partial charge in [0.1, 0.15) is 0 Å². The van der Waals surface area contributed by atoms with E-state index in [1.807, 2.05) is 12.3 Å². The minimum Gasteiger partial charge on any atom is -0.347 e. The first-order valence-corrected chi connectivity index (χ1v) is 7.51. The number of carbonyl (C=O) groups excluding carboxylic acids is 1. The largest absolute Gasteiger partial charge is 0.347 e. The van der Waals surface area contributed by atoms with Gasteiger partial charge in [-0.3, -0.25) is 4.79 Å². The number of aromatic nitrogens is 1. The smallest absolute Gasteiger partial charge is 0.234 e. The monoisotopic (exact) mass is 339 g/mol. The lowest BCUT2D eigenvalue weighted by atomic mass is 10.2. The average molecular weight is 340 g/mol. The van der Waals surface area contributed by atoms with E-state index >= 15 is 0 Å². The lowest BCUT2D eigenvalue weighted by molar-refractivity contribution is -0.120. The van der Waals surface area contributed by atoms with Crippen LogP contribution >= 0.6 is 36.2 Å². The highest BCUT2D eigenvalue weighted by Gasteiger charge is 2.20. The average Bonchev–Trinajstić information content (AvgIpc) is 3.04. The fourth-order valence-electron chi connectivity index (χ4n) is 1.76. The van der Waals surface area contributed by atoms with Gasteiger partial charge in [-0.2, -0.15) is 0 Å². The number of aryl methyl sites for hydroxylation is 1. The molecule has 0 radical (unpaired) electrons. The summed E-state index contributed by atoms with van der Waals surface area (Å²) in [5.41, 5.74) is 0.965. The van der Waals surface area contributed by atoms with Crippen LogP contribution in [0.2, 0.25) is 0 Å². The van der Waals surface area contributed by atoms with Crippen molar-refractivity contribution in [3.05, 3.63) is 16.1 Å². The van der Waals surface area contributed by atoms with Gasteiger partial charge in [0, 0.05) is 5.38 Å². The summed E-state index contributed by atoms with van der Waals surface area (Å²) < 4.78 is 0. The topological polar surface area (TPSA) is 54.0 Å². The van der Waals surface area contributed by atoms with Crippen LogP contribution in [0, 0.1) is 5.92 Å². The van der Waals surface area contributed by atoms with Gasteiger partial charge in [0.2, 0.25) is 5.91 Å². The molecule has 1 aliphatic carbocycles. The summed E-state index contributed by atoms with van der Waals surface area (Å²) in [4.78, 5) is 16.2. The molecule has 1 heterocycles. The maximum absolute atomic E-state index is 11.7. The number of thiazole rings is 1. The van der Waals surface area contributed by atoms with Crippen molar-refractivity contribution in [1.82, 2.24) is 15.6 Å². The molecule has 7 heteroatoms. The van der Waals surface area contributed by atoms with Crippen molar-refractivity contribution in [2.45, 2.75) is 39.2 Å². The van der Waals surface area contributed by atoms with E-state index in [0.717, 1.165) is 29.6 Å². The summed E-state index contributed by atoms with van der Waals surface area (Å²) in [6.07, 6.45) is 3.57. The molecule has 116 valence electrons. The predicted molar refractivity (Wildman–Crippen MR) is 88.1 cm³/mol. The molecule has 1 saturated carbocycles. The summed E-state index contributed by atoms with van der Waals surface area (Å²) in [5, 5.41) is 9.31. The van der Waals surface area contributed by atoms with Crippen LogP contribution in [0.5, 0.6) is 0 Å². The van der Waals surface area contributed by atoms with Gasteiger partial charge in [0.25, 0.3) is 0 Å². The van der Waals surface area contributed by atoms with Crippen LogP contribution in [0.25, 0.3) is 0 Å². The molecule has 1 aliphatic rings. The first-order chi connectivity index (χ1) is 8.69. The Bertz CT molecular complexity index is 410. The van der Waals surface area contributed by atoms with Crippen LogP contribution in [0.1, 0.15) is 43.4 Å². The highest BCUT2D eigenvalue weighted by Crippen LogP contribution is 2.27. The molecular formula is C13H23Cl2N3OS. The van der Waals surface area contributed by atoms with Crippen molar-refractivity contribution >= 4 is 42.1 Å². The molecule has 1 aromatic heterocycles. The van der Waals surface area contributed by atoms with E-state index in [2.05, 4.69) is 22.5 Å². The molecule has 2 N–H and O–H groups in total. The number of carbonyl (C=O) groups is 1. The van der Waals surface area contributed by atoms with E-state index in [0.29, 0.717) is 6.54 Å². The van der Waals surface area contributed by atoms with Crippen molar-refractivity contribution in [3.63, 3.8) is 0 Å². The van der Waals surface area contributed by atoms with E-state index in [1.165, 1.54) is 12.8 Å². The van der Waals surface area contributed by atoms with E-state index in [1.54, 1.807) is 11.3 Å². The van der Waals surface area contributed by atoms with Gasteiger partial charge in [-0.25, -0.2) is 4.98 Å². The second-order valence-corrected chi connectivity index (χ2v) is 5.83. The molecule has 1 aromatic rings. The van der Waals surface area contributed by atoms with Crippen LogP contribution in [0.3, 0.4) is 0 Å². The lowest BCUT2D eigenvalue weighted by Crippen LogP contribution is -2.36. The van der Waals surface area contributed by atoms with Gasteiger partial charge in [-0.15, -0.1) is 36.2 Å². The molecule has 1 unspecified atom stereocenters. The molecule has 0 aliphatic heterocycles. The van der Waals surface area contributed by atoms with Crippen LogP contribution in [-0.4, -0.2) is 24.0 Å². The maximum Gasteiger partial charge on any atom is 0.234 e. The first-order valence-electron chi connectivity index (χ1n) is 6.63. The molecular weight excluding hydrogens is 317 g/mol. The van der Waals surface area contributed by atoms with Crippen molar-refractivity contribution < 1.29 is 4.79 Å². The molecule has 2 rings (SSSR count). The lowest BCUT2D eigenvalue weighted by Gasteiger charge is -2.12. The third kappa shape index (κ3) is 6.39. The quantitative estimate of drug-likeness (QED) is 0.802. The summed E-state index contributed by atoms with van der Waals surface area (Å²) in [5.74, 6) is 0.857. The van der Waals surface area contributed by atoms with Gasteiger partial charge >= 0.3 is 0 Å². The fourth-order valence-corrected chi connectivity index (χ4v) is 2.60. The van der Waals surface area contributed by atoms with Gasteiger partial charge in [-0.1, -0.05) is 6.92 Å². The zero-order valence-corrected chi connectivity index (χ0v) is 14.3. The SMILES string of the molecule is CCc1nc(C(C)NC(=O)CNCC2CC2)cs1.Cl.Cl. The Morgan fingerprint density at radius 3 is 2.75 bits per heavy atom. The Labute approximate surface area is 137 Å². The number of nitrogens with one attached hydrogen (secondary N) is 2. The van der Waals surface area contributed by atoms with E-state index < -0.39 is 0 Å². The third-order valence-corrected chi connectivity index (χ3v) is 4.12. The number of amides is 1. The number of hydrogen-bond donors (Lipinski definition) is 2. The molecule has 1 atom stereocenters. The van der Waals surface area contributed by atoms with E-state index in [-0.39, 0.29) is 36.8 Å². The minimum atomic E-state index is -0.00299. The van der Waals surface area contributed by atoms with Crippen molar-refractivity contribution in [2.75, 3.05) is 13.1 Å². The molecule has 0 saturated heterocycles. The molecule has 0 bridgehead atoms. The number of halogens is 2. The van der Waals surface area contributed by atoms with Gasteiger partial charge in [0.15, 0.2) is 0 Å². The fraction of sp³-hybridized carbons (Fsp3) is 0.692. The number of nitrogens with zero attached hydrogens (tertiary/aromatic N) is 1. The third-order valence-electron chi connectivity index (χ3n) is 3.11. The Hall–Kier alpha value is -0.360. The summed E-state index contributed by atoms with van der Waals surface area (Å²) in [6.45, 7) is 5.45. The summed E-state index contributed by atoms with van der Waals surface area (Å²) in [6, 6.07) is -0.00299. The van der Waals surface area contributed by atoms with Gasteiger partial charge < -0.3 is 10.6 Å². The molecule has 20 heavy (non-hydrogen) atoms. The zero-order valence-electron chi connectivity index (χ0n) is 11.8. The highest BCUT2D eigenvalue weighted by molar-refractivity contribution is 7.09. The highest BCUT2D eigenvalue weighted by atomic mass is 35.5.